The molecular formula is C17H21N3O2. The summed E-state index contributed by atoms with van der Waals surface area (Å²) in [5, 5.41) is 3.11. The van der Waals surface area contributed by atoms with E-state index >= 15 is 0 Å². The Balaban J connectivity index is 1.48. The first-order valence-corrected chi connectivity index (χ1v) is 7.68. The van der Waals surface area contributed by atoms with E-state index in [4.69, 9.17) is 4.42 Å². The fourth-order valence-corrected chi connectivity index (χ4v) is 2.87. The molecule has 116 valence electrons. The van der Waals surface area contributed by atoms with Crippen LogP contribution in [-0.2, 0) is 6.54 Å². The number of carbonyl (C=O) groups is 1. The fourth-order valence-electron chi connectivity index (χ4n) is 2.87. The molecule has 1 aliphatic heterocycles. The predicted octanol–water partition coefficient (Wildman–Crippen LogP) is 2.38. The van der Waals surface area contributed by atoms with Gasteiger partial charge in [0.25, 0.3) is 5.91 Å². The van der Waals surface area contributed by atoms with Gasteiger partial charge in [0, 0.05) is 38.1 Å². The highest BCUT2D eigenvalue weighted by Gasteiger charge is 2.22. The Morgan fingerprint density at radius 1 is 1.32 bits per heavy atom. The molecule has 5 nitrogen and oxygen atoms in total. The van der Waals surface area contributed by atoms with Crippen molar-refractivity contribution in [1.82, 2.24) is 15.2 Å². The van der Waals surface area contributed by atoms with Crippen molar-refractivity contribution in [1.29, 1.82) is 0 Å². The van der Waals surface area contributed by atoms with Crippen molar-refractivity contribution in [3.05, 3.63) is 53.7 Å². The van der Waals surface area contributed by atoms with E-state index in [0.717, 1.165) is 32.5 Å². The first-order valence-electron chi connectivity index (χ1n) is 7.68. The summed E-state index contributed by atoms with van der Waals surface area (Å²) < 4.78 is 5.18. The van der Waals surface area contributed by atoms with E-state index in [1.54, 1.807) is 12.3 Å². The molecule has 0 bridgehead atoms. The monoisotopic (exact) mass is 299 g/mol. The topological polar surface area (TPSA) is 58.4 Å². The van der Waals surface area contributed by atoms with Gasteiger partial charge in [-0.2, -0.15) is 0 Å². The molecule has 3 rings (SSSR count). The molecule has 5 heteroatoms. The van der Waals surface area contributed by atoms with E-state index < -0.39 is 0 Å². The maximum Gasteiger partial charge on any atom is 0.255 e. The maximum atomic E-state index is 12.2. The lowest BCUT2D eigenvalue weighted by Gasteiger charge is -2.32. The molecule has 0 unspecified atom stereocenters. The Hall–Kier alpha value is -2.14. The van der Waals surface area contributed by atoms with Gasteiger partial charge in [-0.25, -0.2) is 0 Å². The molecule has 3 heterocycles. The molecule has 1 N–H and O–H groups in total. The highest BCUT2D eigenvalue weighted by Crippen LogP contribution is 2.15. The molecule has 1 amide bonds. The summed E-state index contributed by atoms with van der Waals surface area (Å²) in [6.07, 6.45) is 7.17. The number of aryl methyl sites for hydroxylation is 1. The van der Waals surface area contributed by atoms with Crippen LogP contribution in [0, 0.1) is 6.92 Å². The molecule has 2 aromatic heterocycles. The summed E-state index contributed by atoms with van der Waals surface area (Å²) in [5.74, 6) is 0.645. The zero-order valence-corrected chi connectivity index (χ0v) is 12.8. The van der Waals surface area contributed by atoms with Crippen LogP contribution in [0.25, 0.3) is 0 Å². The van der Waals surface area contributed by atoms with Crippen molar-refractivity contribution in [2.75, 3.05) is 13.1 Å². The van der Waals surface area contributed by atoms with Crippen molar-refractivity contribution in [3.8, 4) is 0 Å². The Morgan fingerprint density at radius 3 is 2.68 bits per heavy atom. The number of nitrogens with one attached hydrogen (secondary N) is 1. The minimum atomic E-state index is -0.0289. The number of amides is 1. The lowest BCUT2D eigenvalue weighted by Crippen LogP contribution is -2.44. The quantitative estimate of drug-likeness (QED) is 0.941. The van der Waals surface area contributed by atoms with Gasteiger partial charge < -0.3 is 9.73 Å². The number of hydrogen-bond donors (Lipinski definition) is 1. The number of pyridine rings is 1. The predicted molar refractivity (Wildman–Crippen MR) is 83.4 cm³/mol. The van der Waals surface area contributed by atoms with Crippen LogP contribution in [0.2, 0.25) is 0 Å². The second-order valence-corrected chi connectivity index (χ2v) is 5.77. The van der Waals surface area contributed by atoms with Crippen molar-refractivity contribution in [2.45, 2.75) is 32.4 Å². The van der Waals surface area contributed by atoms with Gasteiger partial charge in [-0.15, -0.1) is 0 Å². The Kier molecular flexibility index (Phi) is 4.53. The zero-order valence-electron chi connectivity index (χ0n) is 12.8. The molecule has 1 fully saturated rings. The van der Waals surface area contributed by atoms with Gasteiger partial charge in [-0.1, -0.05) is 0 Å². The average molecular weight is 299 g/mol. The summed E-state index contributed by atoms with van der Waals surface area (Å²) in [7, 11) is 0. The van der Waals surface area contributed by atoms with Gasteiger partial charge in [-0.05, 0) is 43.5 Å². The Labute approximate surface area is 130 Å². The van der Waals surface area contributed by atoms with E-state index in [1.165, 1.54) is 5.56 Å². The smallest absolute Gasteiger partial charge is 0.255 e. The summed E-state index contributed by atoms with van der Waals surface area (Å²) in [6.45, 7) is 4.76. The number of aromatic nitrogens is 1. The SMILES string of the molecule is Cc1occc1C(=O)NC1CCN(Cc2ccncc2)CC1. The van der Waals surface area contributed by atoms with Crippen LogP contribution in [0.4, 0.5) is 0 Å². The summed E-state index contributed by atoms with van der Waals surface area (Å²) >= 11 is 0. The van der Waals surface area contributed by atoms with E-state index in [2.05, 4.69) is 27.3 Å². The van der Waals surface area contributed by atoms with Crippen LogP contribution < -0.4 is 5.32 Å². The zero-order chi connectivity index (χ0) is 15.4. The van der Waals surface area contributed by atoms with Crippen molar-refractivity contribution >= 4 is 5.91 Å². The summed E-state index contributed by atoms with van der Waals surface area (Å²) in [6, 6.07) is 6.07. The number of likely N-dealkylation sites (tertiary alicyclic amines) is 1. The van der Waals surface area contributed by atoms with Gasteiger partial charge in [-0.3, -0.25) is 14.7 Å². The summed E-state index contributed by atoms with van der Waals surface area (Å²) in [4.78, 5) is 18.6. The lowest BCUT2D eigenvalue weighted by atomic mass is 10.0. The molecule has 0 spiro atoms. The fraction of sp³-hybridized carbons (Fsp3) is 0.412. The highest BCUT2D eigenvalue weighted by atomic mass is 16.3. The number of nitrogens with zero attached hydrogens (tertiary/aromatic N) is 2. The molecule has 0 saturated carbocycles. The van der Waals surface area contributed by atoms with Gasteiger partial charge in [0.1, 0.15) is 5.76 Å². The molecule has 2 aromatic rings. The molecule has 22 heavy (non-hydrogen) atoms. The third-order valence-corrected chi connectivity index (χ3v) is 4.18. The second-order valence-electron chi connectivity index (χ2n) is 5.77. The largest absolute Gasteiger partial charge is 0.469 e. The molecular weight excluding hydrogens is 278 g/mol. The minimum Gasteiger partial charge on any atom is -0.469 e. The third-order valence-electron chi connectivity index (χ3n) is 4.18. The van der Waals surface area contributed by atoms with Gasteiger partial charge in [0.05, 0.1) is 11.8 Å². The van der Waals surface area contributed by atoms with Crippen LogP contribution in [0.15, 0.2) is 41.3 Å². The van der Waals surface area contributed by atoms with E-state index in [9.17, 15) is 4.79 Å². The maximum absolute atomic E-state index is 12.2. The Morgan fingerprint density at radius 2 is 2.05 bits per heavy atom. The number of rotatable bonds is 4. The van der Waals surface area contributed by atoms with Crippen LogP contribution in [0.1, 0.15) is 34.5 Å². The van der Waals surface area contributed by atoms with Gasteiger partial charge >= 0.3 is 0 Å². The number of carbonyl (C=O) groups excluding carboxylic acids is 1. The van der Waals surface area contributed by atoms with Crippen LogP contribution in [-0.4, -0.2) is 34.9 Å². The number of piperidine rings is 1. The standard InChI is InChI=1S/C17H21N3O2/c1-13-16(6-11-22-13)17(21)19-15-4-9-20(10-5-15)12-14-2-7-18-8-3-14/h2-3,6-8,11,15H,4-5,9-10,12H2,1H3,(H,19,21). The minimum absolute atomic E-state index is 0.0289. The normalized spacial score (nSPS) is 16.6. The van der Waals surface area contributed by atoms with Gasteiger partial charge in [0.2, 0.25) is 0 Å². The molecule has 0 radical (unpaired) electrons. The van der Waals surface area contributed by atoms with Crippen LogP contribution >= 0.6 is 0 Å². The summed E-state index contributed by atoms with van der Waals surface area (Å²) in [5.41, 5.74) is 1.92. The molecule has 1 aliphatic rings. The van der Waals surface area contributed by atoms with Crippen LogP contribution in [0.3, 0.4) is 0 Å². The molecule has 0 aromatic carbocycles. The lowest BCUT2D eigenvalue weighted by molar-refractivity contribution is 0.0907. The first kappa shape index (κ1) is 14.8. The third kappa shape index (κ3) is 3.54. The molecule has 0 aliphatic carbocycles. The van der Waals surface area contributed by atoms with E-state index in [0.29, 0.717) is 11.3 Å². The molecule has 1 saturated heterocycles. The first-order chi connectivity index (χ1) is 10.7. The van der Waals surface area contributed by atoms with Crippen molar-refractivity contribution in [3.63, 3.8) is 0 Å². The molecule has 0 atom stereocenters. The Bertz CT molecular complexity index is 616. The van der Waals surface area contributed by atoms with Crippen molar-refractivity contribution in [2.24, 2.45) is 0 Å². The van der Waals surface area contributed by atoms with E-state index in [-0.39, 0.29) is 11.9 Å². The number of hydrogen-bond acceptors (Lipinski definition) is 4. The van der Waals surface area contributed by atoms with Gasteiger partial charge in [0.15, 0.2) is 0 Å². The second kappa shape index (κ2) is 6.75. The van der Waals surface area contributed by atoms with Crippen LogP contribution in [0.5, 0.6) is 0 Å². The van der Waals surface area contributed by atoms with E-state index in [1.807, 2.05) is 19.3 Å². The highest BCUT2D eigenvalue weighted by molar-refractivity contribution is 5.95. The average Bonchev–Trinajstić information content (AvgIpc) is 2.96. The van der Waals surface area contributed by atoms with Crippen molar-refractivity contribution < 1.29 is 9.21 Å². The number of furan rings is 1.